The number of thiophene rings is 1. The van der Waals surface area contributed by atoms with Crippen LogP contribution in [0.3, 0.4) is 0 Å². The van der Waals surface area contributed by atoms with Gasteiger partial charge in [-0.1, -0.05) is 0 Å². The van der Waals surface area contributed by atoms with E-state index in [-0.39, 0.29) is 11.7 Å². The standard InChI is InChI=1S/C13H16Br2O2S/c14-10-6-9(12(15)18-10)11(16)8-2-5-17-13(7-8)3-1-4-13/h6,8,11,16H,1-5,7H2. The van der Waals surface area contributed by atoms with Crippen LogP contribution >= 0.6 is 43.2 Å². The second-order valence-corrected chi connectivity index (χ2v) is 9.11. The van der Waals surface area contributed by atoms with Crippen LogP contribution < -0.4 is 0 Å². The van der Waals surface area contributed by atoms with Gasteiger partial charge < -0.3 is 9.84 Å². The van der Waals surface area contributed by atoms with E-state index >= 15 is 0 Å². The van der Waals surface area contributed by atoms with Crippen LogP contribution in [-0.4, -0.2) is 17.3 Å². The van der Waals surface area contributed by atoms with E-state index in [1.165, 1.54) is 19.3 Å². The highest BCUT2D eigenvalue weighted by Crippen LogP contribution is 2.48. The van der Waals surface area contributed by atoms with Gasteiger partial charge in [-0.2, -0.15) is 0 Å². The smallest absolute Gasteiger partial charge is 0.0839 e. The van der Waals surface area contributed by atoms with Gasteiger partial charge in [0.25, 0.3) is 0 Å². The molecule has 1 aromatic rings. The van der Waals surface area contributed by atoms with Crippen LogP contribution in [0.25, 0.3) is 0 Å². The zero-order valence-corrected chi connectivity index (χ0v) is 14.0. The van der Waals surface area contributed by atoms with Gasteiger partial charge in [0, 0.05) is 12.2 Å². The molecule has 1 aliphatic carbocycles. The molecule has 1 aromatic heterocycles. The van der Waals surface area contributed by atoms with E-state index in [0.29, 0.717) is 5.92 Å². The van der Waals surface area contributed by atoms with Crippen molar-refractivity contribution in [3.8, 4) is 0 Å². The molecule has 1 N–H and O–H groups in total. The summed E-state index contributed by atoms with van der Waals surface area (Å²) in [5.74, 6) is 0.330. The van der Waals surface area contributed by atoms with Crippen LogP contribution in [0.2, 0.25) is 0 Å². The zero-order valence-electron chi connectivity index (χ0n) is 9.99. The first kappa shape index (κ1) is 13.6. The molecule has 2 unspecified atom stereocenters. The van der Waals surface area contributed by atoms with Gasteiger partial charge in [-0.3, -0.25) is 0 Å². The van der Waals surface area contributed by atoms with Gasteiger partial charge in [-0.05, 0) is 75.9 Å². The highest BCUT2D eigenvalue weighted by molar-refractivity contribution is 9.12. The minimum atomic E-state index is -0.372. The van der Waals surface area contributed by atoms with Crippen molar-refractivity contribution < 1.29 is 9.84 Å². The van der Waals surface area contributed by atoms with Crippen molar-refractivity contribution in [3.63, 3.8) is 0 Å². The van der Waals surface area contributed by atoms with Crippen LogP contribution in [0.4, 0.5) is 0 Å². The van der Waals surface area contributed by atoms with Crippen molar-refractivity contribution in [2.75, 3.05) is 6.61 Å². The average Bonchev–Trinajstić information content (AvgIpc) is 2.66. The molecule has 2 nitrogen and oxygen atoms in total. The molecule has 1 aliphatic heterocycles. The zero-order chi connectivity index (χ0) is 12.8. The fourth-order valence-electron chi connectivity index (χ4n) is 3.06. The number of hydrogen-bond acceptors (Lipinski definition) is 3. The minimum absolute atomic E-state index is 0.101. The molecular weight excluding hydrogens is 380 g/mol. The Hall–Kier alpha value is 0.580. The Morgan fingerprint density at radius 1 is 1.44 bits per heavy atom. The Morgan fingerprint density at radius 2 is 2.22 bits per heavy atom. The molecule has 5 heteroatoms. The third-order valence-corrected chi connectivity index (χ3v) is 6.63. The fourth-order valence-corrected chi connectivity index (χ4v) is 5.97. The number of aliphatic hydroxyl groups is 1. The van der Waals surface area contributed by atoms with E-state index in [1.807, 2.05) is 6.07 Å². The molecular formula is C13H16Br2O2S. The summed E-state index contributed by atoms with van der Waals surface area (Å²) in [6, 6.07) is 2.03. The summed E-state index contributed by atoms with van der Waals surface area (Å²) in [5, 5.41) is 10.6. The maximum atomic E-state index is 10.6. The Bertz CT molecular complexity index is 442. The molecule has 0 bridgehead atoms. The third-order valence-electron chi connectivity index (χ3n) is 4.24. The number of hydrogen-bond donors (Lipinski definition) is 1. The summed E-state index contributed by atoms with van der Waals surface area (Å²) >= 11 is 8.64. The van der Waals surface area contributed by atoms with E-state index in [9.17, 15) is 5.11 Å². The number of halogens is 2. The van der Waals surface area contributed by atoms with Crippen LogP contribution in [0.5, 0.6) is 0 Å². The SMILES string of the molecule is OC(c1cc(Br)sc1Br)C1CCOC2(CCC2)C1. The molecule has 1 saturated carbocycles. The average molecular weight is 396 g/mol. The minimum Gasteiger partial charge on any atom is -0.388 e. The highest BCUT2D eigenvalue weighted by atomic mass is 79.9. The molecule has 2 aliphatic rings. The van der Waals surface area contributed by atoms with Crippen LogP contribution in [-0.2, 0) is 4.74 Å². The quantitative estimate of drug-likeness (QED) is 0.789. The lowest BCUT2D eigenvalue weighted by Gasteiger charge is -2.48. The summed E-state index contributed by atoms with van der Waals surface area (Å²) in [4.78, 5) is 0. The second-order valence-electron chi connectivity index (χ2n) is 5.36. The van der Waals surface area contributed by atoms with E-state index in [1.54, 1.807) is 11.3 Å². The molecule has 2 atom stereocenters. The van der Waals surface area contributed by atoms with Crippen molar-refractivity contribution in [2.45, 2.75) is 43.8 Å². The molecule has 2 heterocycles. The number of aliphatic hydroxyl groups excluding tert-OH is 1. The molecule has 0 amide bonds. The maximum absolute atomic E-state index is 10.6. The van der Waals surface area contributed by atoms with Crippen molar-refractivity contribution in [2.24, 2.45) is 5.92 Å². The van der Waals surface area contributed by atoms with Crippen molar-refractivity contribution >= 4 is 43.2 Å². The molecule has 3 rings (SSSR count). The fraction of sp³-hybridized carbons (Fsp3) is 0.692. The first-order chi connectivity index (χ1) is 8.60. The van der Waals surface area contributed by atoms with E-state index in [4.69, 9.17) is 4.74 Å². The van der Waals surface area contributed by atoms with Gasteiger partial charge in [-0.25, -0.2) is 0 Å². The lowest BCUT2D eigenvalue weighted by molar-refractivity contribution is -0.157. The monoisotopic (exact) mass is 394 g/mol. The van der Waals surface area contributed by atoms with Crippen molar-refractivity contribution in [1.82, 2.24) is 0 Å². The topological polar surface area (TPSA) is 29.5 Å². The molecule has 1 saturated heterocycles. The molecule has 1 spiro atoms. The van der Waals surface area contributed by atoms with Gasteiger partial charge in [-0.15, -0.1) is 11.3 Å². The second kappa shape index (κ2) is 5.17. The normalized spacial score (nSPS) is 28.1. The molecule has 0 radical (unpaired) electrons. The largest absolute Gasteiger partial charge is 0.388 e. The van der Waals surface area contributed by atoms with Crippen LogP contribution in [0.1, 0.15) is 43.8 Å². The Balaban J connectivity index is 1.75. The summed E-state index contributed by atoms with van der Waals surface area (Å²) < 4.78 is 8.03. The summed E-state index contributed by atoms with van der Waals surface area (Å²) in [6.07, 6.45) is 5.21. The van der Waals surface area contributed by atoms with E-state index in [0.717, 1.165) is 32.6 Å². The van der Waals surface area contributed by atoms with Crippen LogP contribution in [0, 0.1) is 5.92 Å². The third kappa shape index (κ3) is 2.44. The maximum Gasteiger partial charge on any atom is 0.0839 e. The summed E-state index contributed by atoms with van der Waals surface area (Å²) in [5.41, 5.74) is 1.12. The Morgan fingerprint density at radius 3 is 2.78 bits per heavy atom. The Kier molecular flexibility index (Phi) is 3.89. The first-order valence-electron chi connectivity index (χ1n) is 6.36. The lowest BCUT2D eigenvalue weighted by atomic mass is 9.70. The van der Waals surface area contributed by atoms with E-state index in [2.05, 4.69) is 31.9 Å². The van der Waals surface area contributed by atoms with E-state index < -0.39 is 0 Å². The molecule has 0 aromatic carbocycles. The Labute approximate surface area is 128 Å². The van der Waals surface area contributed by atoms with Crippen molar-refractivity contribution in [3.05, 3.63) is 19.2 Å². The summed E-state index contributed by atoms with van der Waals surface area (Å²) in [7, 11) is 0. The molecule has 100 valence electrons. The number of rotatable bonds is 2. The lowest BCUT2D eigenvalue weighted by Crippen LogP contribution is -2.46. The van der Waals surface area contributed by atoms with Gasteiger partial charge >= 0.3 is 0 Å². The summed E-state index contributed by atoms with van der Waals surface area (Å²) in [6.45, 7) is 0.796. The van der Waals surface area contributed by atoms with Crippen molar-refractivity contribution in [1.29, 1.82) is 0 Å². The van der Waals surface area contributed by atoms with Gasteiger partial charge in [0.2, 0.25) is 0 Å². The van der Waals surface area contributed by atoms with Gasteiger partial charge in [0.15, 0.2) is 0 Å². The van der Waals surface area contributed by atoms with Crippen LogP contribution in [0.15, 0.2) is 13.6 Å². The predicted molar refractivity (Wildman–Crippen MR) is 79.9 cm³/mol. The predicted octanol–water partition coefficient (Wildman–Crippen LogP) is 4.66. The van der Waals surface area contributed by atoms with Gasteiger partial charge in [0.05, 0.1) is 19.3 Å². The molecule has 2 fully saturated rings. The number of ether oxygens (including phenoxy) is 1. The first-order valence-corrected chi connectivity index (χ1v) is 8.77. The molecule has 18 heavy (non-hydrogen) atoms. The highest BCUT2D eigenvalue weighted by Gasteiger charge is 2.44. The van der Waals surface area contributed by atoms with Gasteiger partial charge in [0.1, 0.15) is 0 Å².